The molecular formula is C23H17N5O10S4. The summed E-state index contributed by atoms with van der Waals surface area (Å²) in [4.78, 5) is 8.28. The average molecular weight is 652 g/mol. The number of hydrogen-bond acceptors (Lipinski definition) is 12. The second-order valence-electron chi connectivity index (χ2n) is 8.48. The summed E-state index contributed by atoms with van der Waals surface area (Å²) in [6, 6.07) is 10.9. The molecule has 1 heterocycles. The van der Waals surface area contributed by atoms with Gasteiger partial charge in [-0.25, -0.2) is 0 Å². The molecule has 3 aromatic carbocycles. The van der Waals surface area contributed by atoms with Crippen LogP contribution in [0.4, 0.5) is 21.4 Å². The Morgan fingerprint density at radius 3 is 2.10 bits per heavy atom. The Hall–Kier alpha value is -4.29. The van der Waals surface area contributed by atoms with Crippen molar-refractivity contribution in [1.82, 2.24) is 0 Å². The SMILES string of the molecule is CC(=O)Nc1cccc(-c2c(N=Nc3cc(S(=O)(=O)O)c4cc(S(=O)(=O)O)cc(S(=O)(=O)O)c4c3)sc(N)c2C#N)c1. The minimum Gasteiger partial charge on any atom is -0.389 e. The molecule has 1 aromatic heterocycles. The van der Waals surface area contributed by atoms with Gasteiger partial charge in [0.1, 0.15) is 25.9 Å². The van der Waals surface area contributed by atoms with Crippen LogP contribution in [0, 0.1) is 11.3 Å². The number of azo groups is 1. The van der Waals surface area contributed by atoms with Crippen LogP contribution in [-0.4, -0.2) is 44.8 Å². The molecule has 0 saturated heterocycles. The minimum atomic E-state index is -5.22. The monoisotopic (exact) mass is 651 g/mol. The molecule has 4 rings (SSSR count). The molecule has 42 heavy (non-hydrogen) atoms. The second-order valence-corrected chi connectivity index (χ2v) is 13.7. The fourth-order valence-electron chi connectivity index (χ4n) is 3.93. The summed E-state index contributed by atoms with van der Waals surface area (Å²) in [5.74, 6) is -0.351. The summed E-state index contributed by atoms with van der Waals surface area (Å²) in [7, 11) is -15.5. The Kier molecular flexibility index (Phi) is 7.92. The van der Waals surface area contributed by atoms with Crippen LogP contribution in [-0.2, 0) is 35.1 Å². The zero-order chi connectivity index (χ0) is 31.2. The van der Waals surface area contributed by atoms with E-state index < -0.39 is 55.8 Å². The van der Waals surface area contributed by atoms with Gasteiger partial charge in [-0.3, -0.25) is 18.5 Å². The Morgan fingerprint density at radius 1 is 0.905 bits per heavy atom. The lowest BCUT2D eigenvalue weighted by Crippen LogP contribution is -2.07. The number of rotatable bonds is 7. The molecule has 15 nitrogen and oxygen atoms in total. The number of carbonyl (C=O) groups is 1. The summed E-state index contributed by atoms with van der Waals surface area (Å²) < 4.78 is 101. The highest BCUT2D eigenvalue weighted by Crippen LogP contribution is 2.45. The highest BCUT2D eigenvalue weighted by Gasteiger charge is 2.26. The zero-order valence-electron chi connectivity index (χ0n) is 20.9. The molecular weight excluding hydrogens is 635 g/mol. The predicted octanol–water partition coefficient (Wildman–Crippen LogP) is 4.14. The molecule has 218 valence electrons. The largest absolute Gasteiger partial charge is 0.389 e. The van der Waals surface area contributed by atoms with Crippen LogP contribution >= 0.6 is 11.3 Å². The normalized spacial score (nSPS) is 12.5. The van der Waals surface area contributed by atoms with Gasteiger partial charge in [0, 0.05) is 28.9 Å². The molecule has 0 unspecified atom stereocenters. The first kappa shape index (κ1) is 30.7. The zero-order valence-corrected chi connectivity index (χ0v) is 24.1. The van der Waals surface area contributed by atoms with Gasteiger partial charge in [0.25, 0.3) is 30.4 Å². The highest BCUT2D eigenvalue weighted by atomic mass is 32.2. The molecule has 1 amide bonds. The van der Waals surface area contributed by atoms with Gasteiger partial charge in [0.2, 0.25) is 5.91 Å². The number of nitrogens with two attached hydrogens (primary N) is 1. The van der Waals surface area contributed by atoms with Gasteiger partial charge < -0.3 is 11.1 Å². The molecule has 0 atom stereocenters. The van der Waals surface area contributed by atoms with E-state index in [0.29, 0.717) is 23.4 Å². The lowest BCUT2D eigenvalue weighted by molar-refractivity contribution is -0.114. The van der Waals surface area contributed by atoms with Gasteiger partial charge in [-0.1, -0.05) is 23.5 Å². The van der Waals surface area contributed by atoms with Gasteiger partial charge in [0.05, 0.1) is 16.1 Å². The Morgan fingerprint density at radius 2 is 1.52 bits per heavy atom. The maximum Gasteiger partial charge on any atom is 0.295 e. The molecule has 6 N–H and O–H groups in total. The fraction of sp³-hybridized carbons (Fsp3) is 0.0435. The van der Waals surface area contributed by atoms with Gasteiger partial charge in [-0.15, -0.1) is 10.2 Å². The molecule has 0 aliphatic rings. The molecule has 0 aliphatic carbocycles. The number of thiophene rings is 1. The molecule has 0 radical (unpaired) electrons. The summed E-state index contributed by atoms with van der Waals surface area (Å²) >= 11 is 0.834. The number of anilines is 2. The van der Waals surface area contributed by atoms with Gasteiger partial charge in [0.15, 0.2) is 0 Å². The van der Waals surface area contributed by atoms with Crippen molar-refractivity contribution in [3.63, 3.8) is 0 Å². The number of amides is 1. The van der Waals surface area contributed by atoms with Crippen LogP contribution in [0.3, 0.4) is 0 Å². The number of fused-ring (bicyclic) bond motifs is 1. The number of nitrogen functional groups attached to an aromatic ring is 1. The van der Waals surface area contributed by atoms with Gasteiger partial charge >= 0.3 is 0 Å². The van der Waals surface area contributed by atoms with Crippen molar-refractivity contribution in [2.75, 3.05) is 11.1 Å². The van der Waals surface area contributed by atoms with Crippen molar-refractivity contribution in [3.8, 4) is 17.2 Å². The minimum absolute atomic E-state index is 0.0254. The highest BCUT2D eigenvalue weighted by molar-refractivity contribution is 7.87. The third kappa shape index (κ3) is 6.29. The average Bonchev–Trinajstić information content (AvgIpc) is 3.19. The number of nitrogens with one attached hydrogen (secondary N) is 1. The Balaban J connectivity index is 1.98. The van der Waals surface area contributed by atoms with E-state index >= 15 is 0 Å². The number of hydrogen-bond donors (Lipinski definition) is 5. The van der Waals surface area contributed by atoms with Gasteiger partial charge in [-0.2, -0.15) is 30.5 Å². The molecule has 0 spiro atoms. The standard InChI is InChI=1S/C23H17N5O10S4/c1-11(29)26-13-4-2-3-12(5-13)21-18(10-24)22(25)39-23(21)28-27-14-6-16-17(19(7-14)41(33,34)35)8-15(40(30,31)32)9-20(16)42(36,37)38/h2-9H,25H2,1H3,(H,26,29)(H,30,31,32)(H,33,34,35)(H,36,37,38). The molecule has 0 aliphatic heterocycles. The maximum absolute atomic E-state index is 12.2. The van der Waals surface area contributed by atoms with E-state index in [1.165, 1.54) is 6.92 Å². The van der Waals surface area contributed by atoms with Crippen molar-refractivity contribution in [2.24, 2.45) is 10.2 Å². The van der Waals surface area contributed by atoms with E-state index in [1.54, 1.807) is 24.3 Å². The first-order valence-corrected chi connectivity index (χ1v) is 16.2. The summed E-state index contributed by atoms with van der Waals surface area (Å²) in [5.41, 5.74) is 6.65. The summed E-state index contributed by atoms with van der Waals surface area (Å²) in [6.07, 6.45) is 0. The number of carbonyl (C=O) groups excluding carboxylic acids is 1. The molecule has 0 fully saturated rings. The Bertz CT molecular complexity index is 2200. The first-order valence-electron chi connectivity index (χ1n) is 11.1. The number of nitrogens with zero attached hydrogens (tertiary/aromatic N) is 3. The van der Waals surface area contributed by atoms with E-state index in [0.717, 1.165) is 23.5 Å². The van der Waals surface area contributed by atoms with Crippen molar-refractivity contribution < 1.29 is 43.7 Å². The van der Waals surface area contributed by atoms with Crippen molar-refractivity contribution >= 4 is 79.7 Å². The quantitative estimate of drug-likeness (QED) is 0.139. The topological polar surface area (TPSA) is 267 Å². The predicted molar refractivity (Wildman–Crippen MR) is 151 cm³/mol. The molecule has 0 bridgehead atoms. The number of benzene rings is 3. The first-order chi connectivity index (χ1) is 19.4. The van der Waals surface area contributed by atoms with Crippen LogP contribution in [0.5, 0.6) is 0 Å². The Labute approximate surface area is 242 Å². The maximum atomic E-state index is 12.2. The second kappa shape index (κ2) is 10.8. The van der Waals surface area contributed by atoms with E-state index in [4.69, 9.17) is 5.73 Å². The number of nitriles is 1. The third-order valence-electron chi connectivity index (χ3n) is 5.56. The summed E-state index contributed by atoms with van der Waals surface area (Å²) in [6.45, 7) is 1.30. The van der Waals surface area contributed by atoms with Crippen LogP contribution < -0.4 is 11.1 Å². The van der Waals surface area contributed by atoms with Gasteiger partial charge in [-0.05, 0) is 42.0 Å². The van der Waals surface area contributed by atoms with Crippen molar-refractivity contribution in [2.45, 2.75) is 21.6 Å². The van der Waals surface area contributed by atoms with E-state index in [9.17, 15) is 49.0 Å². The molecule has 4 aromatic rings. The lowest BCUT2D eigenvalue weighted by atomic mass is 10.0. The van der Waals surface area contributed by atoms with E-state index in [1.807, 2.05) is 6.07 Å². The molecule has 0 saturated carbocycles. The fourth-order valence-corrected chi connectivity index (χ4v) is 6.84. The van der Waals surface area contributed by atoms with E-state index in [-0.39, 0.29) is 32.7 Å². The smallest absolute Gasteiger partial charge is 0.295 e. The van der Waals surface area contributed by atoms with Crippen LogP contribution in [0.25, 0.3) is 21.9 Å². The van der Waals surface area contributed by atoms with Crippen molar-refractivity contribution in [1.29, 1.82) is 5.26 Å². The summed E-state index contributed by atoms with van der Waals surface area (Å²) in [5, 5.41) is 19.1. The van der Waals surface area contributed by atoms with Crippen LogP contribution in [0.1, 0.15) is 12.5 Å². The van der Waals surface area contributed by atoms with Crippen LogP contribution in [0.15, 0.2) is 73.4 Å². The van der Waals surface area contributed by atoms with Crippen molar-refractivity contribution in [3.05, 3.63) is 54.1 Å². The van der Waals surface area contributed by atoms with Crippen LogP contribution in [0.2, 0.25) is 0 Å². The lowest BCUT2D eigenvalue weighted by Gasteiger charge is -2.11. The van der Waals surface area contributed by atoms with E-state index in [2.05, 4.69) is 15.5 Å². The molecule has 19 heteroatoms. The third-order valence-corrected chi connectivity index (χ3v) is 9.08.